The van der Waals surface area contributed by atoms with Crippen LogP contribution < -0.4 is 11.1 Å². The van der Waals surface area contributed by atoms with Crippen LogP contribution in [0.5, 0.6) is 0 Å². The van der Waals surface area contributed by atoms with E-state index in [2.05, 4.69) is 41.2 Å². The predicted octanol–water partition coefficient (Wildman–Crippen LogP) is 3.15. The van der Waals surface area contributed by atoms with E-state index in [4.69, 9.17) is 15.5 Å². The van der Waals surface area contributed by atoms with Crippen LogP contribution in [0.15, 0.2) is 53.5 Å². The third kappa shape index (κ3) is 3.62. The minimum atomic E-state index is -0.137. The molecule has 150 valence electrons. The largest absolute Gasteiger partial charge is 0.383 e. The molecule has 1 aliphatic heterocycles. The summed E-state index contributed by atoms with van der Waals surface area (Å²) in [6, 6.07) is 9.96. The van der Waals surface area contributed by atoms with Gasteiger partial charge in [0, 0.05) is 35.5 Å². The molecular formula is C21H18BrN7O. The lowest BCUT2D eigenvalue weighted by Gasteiger charge is -2.22. The first-order valence-corrected chi connectivity index (χ1v) is 10.3. The third-order valence-electron chi connectivity index (χ3n) is 4.95. The van der Waals surface area contributed by atoms with Gasteiger partial charge >= 0.3 is 0 Å². The number of aromatic nitrogens is 5. The molecule has 8 nitrogen and oxygen atoms in total. The van der Waals surface area contributed by atoms with E-state index in [1.165, 1.54) is 6.33 Å². The molecule has 3 N–H and O–H groups in total. The fourth-order valence-electron chi connectivity index (χ4n) is 3.49. The van der Waals surface area contributed by atoms with Gasteiger partial charge in [-0.15, -0.1) is 0 Å². The number of nitrogens with zero attached hydrogens (tertiary/aromatic N) is 5. The normalized spacial score (nSPS) is 16.6. The maximum Gasteiger partial charge on any atom is 0.165 e. The van der Waals surface area contributed by atoms with Crippen LogP contribution in [0, 0.1) is 0 Å². The maximum atomic E-state index is 6.18. The van der Waals surface area contributed by atoms with Gasteiger partial charge in [0.2, 0.25) is 0 Å². The molecular weight excluding hydrogens is 446 g/mol. The van der Waals surface area contributed by atoms with Crippen LogP contribution >= 0.6 is 15.9 Å². The molecule has 4 aromatic rings. The van der Waals surface area contributed by atoms with Crippen molar-refractivity contribution in [3.8, 4) is 22.4 Å². The van der Waals surface area contributed by atoms with E-state index in [9.17, 15) is 0 Å². The number of benzene rings is 1. The summed E-state index contributed by atoms with van der Waals surface area (Å²) in [6.07, 6.45) is 4.82. The van der Waals surface area contributed by atoms with Crippen LogP contribution in [0.25, 0.3) is 33.4 Å². The summed E-state index contributed by atoms with van der Waals surface area (Å²) in [5.74, 6) is 1.05. The lowest BCUT2D eigenvalue weighted by atomic mass is 10.0. The van der Waals surface area contributed by atoms with E-state index in [1.807, 2.05) is 30.3 Å². The number of hydrogen-bond donors (Lipinski definition) is 2. The molecule has 1 saturated heterocycles. The Balaban J connectivity index is 1.61. The molecule has 9 heteroatoms. The van der Waals surface area contributed by atoms with Crippen molar-refractivity contribution in [2.45, 2.75) is 6.10 Å². The molecule has 0 amide bonds. The first-order chi connectivity index (χ1) is 14.7. The second kappa shape index (κ2) is 8.02. The number of halogens is 1. The molecule has 0 spiro atoms. The van der Waals surface area contributed by atoms with E-state index in [-0.39, 0.29) is 6.10 Å². The second-order valence-corrected chi connectivity index (χ2v) is 7.83. The number of anilines is 1. The van der Waals surface area contributed by atoms with Crippen molar-refractivity contribution in [3.63, 3.8) is 0 Å². The van der Waals surface area contributed by atoms with Crippen LogP contribution in [-0.2, 0) is 4.74 Å². The molecule has 1 aromatic carbocycles. The molecule has 1 unspecified atom stereocenters. The zero-order chi connectivity index (χ0) is 20.5. The molecule has 3 aromatic heterocycles. The zero-order valence-corrected chi connectivity index (χ0v) is 17.5. The Kier molecular flexibility index (Phi) is 5.07. The molecule has 30 heavy (non-hydrogen) atoms. The van der Waals surface area contributed by atoms with Gasteiger partial charge in [0.25, 0.3) is 0 Å². The van der Waals surface area contributed by atoms with Gasteiger partial charge in [-0.25, -0.2) is 24.9 Å². The Morgan fingerprint density at radius 1 is 1.07 bits per heavy atom. The Labute approximate surface area is 181 Å². The SMILES string of the molecule is Nc1ncnc2nc(-c3cnc(C4CNCCO4)nc3)cc(-c3cccc(Br)c3)c12. The van der Waals surface area contributed by atoms with E-state index in [1.54, 1.807) is 12.4 Å². The summed E-state index contributed by atoms with van der Waals surface area (Å²) >= 11 is 3.54. The van der Waals surface area contributed by atoms with Crippen LogP contribution in [0.4, 0.5) is 5.82 Å². The van der Waals surface area contributed by atoms with Gasteiger partial charge in [0.15, 0.2) is 11.5 Å². The maximum absolute atomic E-state index is 6.18. The Bertz CT molecular complexity index is 1210. The number of ether oxygens (including phenoxy) is 1. The molecule has 5 rings (SSSR count). The highest BCUT2D eigenvalue weighted by atomic mass is 79.9. The van der Waals surface area contributed by atoms with Gasteiger partial charge in [0.1, 0.15) is 18.2 Å². The summed E-state index contributed by atoms with van der Waals surface area (Å²) in [6.45, 7) is 2.20. The smallest absolute Gasteiger partial charge is 0.165 e. The summed E-state index contributed by atoms with van der Waals surface area (Å²) in [7, 11) is 0. The second-order valence-electron chi connectivity index (χ2n) is 6.92. The molecule has 0 radical (unpaired) electrons. The highest BCUT2D eigenvalue weighted by Crippen LogP contribution is 2.34. The fourth-order valence-corrected chi connectivity index (χ4v) is 3.89. The summed E-state index contributed by atoms with van der Waals surface area (Å²) in [4.78, 5) is 22.2. The van der Waals surface area contributed by atoms with Gasteiger partial charge in [-0.1, -0.05) is 28.1 Å². The average Bonchev–Trinajstić information content (AvgIpc) is 2.79. The number of hydrogen-bond acceptors (Lipinski definition) is 8. The van der Waals surface area contributed by atoms with Gasteiger partial charge in [-0.2, -0.15) is 0 Å². The highest BCUT2D eigenvalue weighted by Gasteiger charge is 2.19. The van der Waals surface area contributed by atoms with Crippen LogP contribution in [-0.4, -0.2) is 44.6 Å². The minimum absolute atomic E-state index is 0.137. The summed E-state index contributed by atoms with van der Waals surface area (Å²) in [5, 5.41) is 4.01. The Morgan fingerprint density at radius 3 is 2.70 bits per heavy atom. The Hall–Kier alpha value is -3.01. The molecule has 0 saturated carbocycles. The molecule has 0 bridgehead atoms. The average molecular weight is 464 g/mol. The van der Waals surface area contributed by atoms with Crippen molar-refractivity contribution in [2.24, 2.45) is 0 Å². The lowest BCUT2D eigenvalue weighted by molar-refractivity contribution is 0.0221. The number of morpholine rings is 1. The quantitative estimate of drug-likeness (QED) is 0.476. The molecule has 1 aliphatic rings. The van der Waals surface area contributed by atoms with E-state index < -0.39 is 0 Å². The monoisotopic (exact) mass is 463 g/mol. The van der Waals surface area contributed by atoms with Crippen molar-refractivity contribution in [3.05, 3.63) is 59.3 Å². The molecule has 4 heterocycles. The third-order valence-corrected chi connectivity index (χ3v) is 5.45. The Morgan fingerprint density at radius 2 is 1.93 bits per heavy atom. The van der Waals surface area contributed by atoms with E-state index in [0.29, 0.717) is 36.1 Å². The van der Waals surface area contributed by atoms with Crippen molar-refractivity contribution < 1.29 is 4.74 Å². The van der Waals surface area contributed by atoms with Crippen molar-refractivity contribution >= 4 is 32.8 Å². The standard InChI is InChI=1S/C21H18BrN7O/c22-14-3-1-2-12(6-14)15-7-16(29-21-18(15)19(23)27-11-28-21)13-8-25-20(26-9-13)17-10-24-4-5-30-17/h1-3,6-9,11,17,24H,4-5,10H2,(H2,23,27,28,29). The minimum Gasteiger partial charge on any atom is -0.383 e. The van der Waals surface area contributed by atoms with Crippen molar-refractivity contribution in [2.75, 3.05) is 25.4 Å². The zero-order valence-electron chi connectivity index (χ0n) is 15.9. The predicted molar refractivity (Wildman–Crippen MR) is 117 cm³/mol. The van der Waals surface area contributed by atoms with Crippen LogP contribution in [0.3, 0.4) is 0 Å². The first-order valence-electron chi connectivity index (χ1n) is 9.51. The topological polar surface area (TPSA) is 112 Å². The number of rotatable bonds is 3. The van der Waals surface area contributed by atoms with Crippen LogP contribution in [0.1, 0.15) is 11.9 Å². The number of nitrogens with one attached hydrogen (secondary N) is 1. The van der Waals surface area contributed by atoms with E-state index >= 15 is 0 Å². The first kappa shape index (κ1) is 19.0. The summed E-state index contributed by atoms with van der Waals surface area (Å²) in [5.41, 5.74) is 10.1. The number of nitrogen functional groups attached to an aromatic ring is 1. The highest BCUT2D eigenvalue weighted by molar-refractivity contribution is 9.10. The molecule has 1 atom stereocenters. The number of nitrogens with two attached hydrogens (primary N) is 1. The van der Waals surface area contributed by atoms with Crippen LogP contribution in [0.2, 0.25) is 0 Å². The number of fused-ring (bicyclic) bond motifs is 1. The van der Waals surface area contributed by atoms with Gasteiger partial charge in [-0.3, -0.25) is 0 Å². The molecule has 1 fully saturated rings. The van der Waals surface area contributed by atoms with Gasteiger partial charge in [-0.05, 0) is 29.3 Å². The van der Waals surface area contributed by atoms with Gasteiger partial charge < -0.3 is 15.8 Å². The fraction of sp³-hybridized carbons (Fsp3) is 0.190. The van der Waals surface area contributed by atoms with Crippen molar-refractivity contribution in [1.29, 1.82) is 0 Å². The molecule has 0 aliphatic carbocycles. The van der Waals surface area contributed by atoms with Gasteiger partial charge in [0.05, 0.1) is 17.7 Å². The van der Waals surface area contributed by atoms with E-state index in [0.717, 1.165) is 33.1 Å². The summed E-state index contributed by atoms with van der Waals surface area (Å²) < 4.78 is 6.70. The number of pyridine rings is 1. The van der Waals surface area contributed by atoms with Crippen molar-refractivity contribution in [1.82, 2.24) is 30.2 Å². The lowest BCUT2D eigenvalue weighted by Crippen LogP contribution is -2.34.